The third-order valence-electron chi connectivity index (χ3n) is 1.37. The zero-order chi connectivity index (χ0) is 8.27. The van der Waals surface area contributed by atoms with E-state index in [0.717, 1.165) is 15.9 Å². The summed E-state index contributed by atoms with van der Waals surface area (Å²) in [6, 6.07) is 0. The summed E-state index contributed by atoms with van der Waals surface area (Å²) in [5.74, 6) is 0.254. The minimum Gasteiger partial charge on any atom is -0.303 e. The number of rotatable bonds is 3. The second-order valence-electron chi connectivity index (χ2n) is 2.31. The lowest BCUT2D eigenvalue weighted by atomic mass is 10.1. The van der Waals surface area contributed by atoms with E-state index in [1.54, 1.807) is 11.3 Å². The van der Waals surface area contributed by atoms with Gasteiger partial charge in [0, 0.05) is 17.7 Å². The minimum absolute atomic E-state index is 0.254. The van der Waals surface area contributed by atoms with Gasteiger partial charge in [-0.15, -0.1) is 11.3 Å². The fraction of sp³-hybridized carbons (Fsp3) is 0.429. The summed E-state index contributed by atoms with van der Waals surface area (Å²) >= 11 is 4.84. The molecule has 0 unspecified atom stereocenters. The number of aldehydes is 1. The third-order valence-corrected chi connectivity index (χ3v) is 3.15. The van der Waals surface area contributed by atoms with Crippen molar-refractivity contribution >= 4 is 33.6 Å². The van der Waals surface area contributed by atoms with Crippen molar-refractivity contribution in [1.82, 2.24) is 4.98 Å². The molecule has 0 aromatic carbocycles. The van der Waals surface area contributed by atoms with E-state index in [1.807, 2.05) is 12.3 Å². The number of carbonyl (C=O) groups is 1. The monoisotopic (exact) mass is 233 g/mol. The van der Waals surface area contributed by atoms with Gasteiger partial charge in [-0.2, -0.15) is 0 Å². The first-order valence-corrected chi connectivity index (χ1v) is 4.96. The number of halogens is 1. The van der Waals surface area contributed by atoms with Gasteiger partial charge in [-0.25, -0.2) is 4.98 Å². The fourth-order valence-electron chi connectivity index (χ4n) is 0.738. The number of hydrogen-bond acceptors (Lipinski definition) is 3. The van der Waals surface area contributed by atoms with Crippen molar-refractivity contribution in [3.05, 3.63) is 15.0 Å². The summed E-state index contributed by atoms with van der Waals surface area (Å²) in [5.41, 5.74) is 0. The van der Waals surface area contributed by atoms with E-state index in [1.165, 1.54) is 0 Å². The van der Waals surface area contributed by atoms with Crippen LogP contribution in [0.5, 0.6) is 0 Å². The summed E-state index contributed by atoms with van der Waals surface area (Å²) in [6.07, 6.45) is 1.49. The molecule has 1 atom stereocenters. The number of aromatic nitrogens is 1. The van der Waals surface area contributed by atoms with Gasteiger partial charge < -0.3 is 4.79 Å². The van der Waals surface area contributed by atoms with Crippen LogP contribution in [-0.2, 0) is 4.79 Å². The molecule has 1 rings (SSSR count). The first-order valence-electron chi connectivity index (χ1n) is 3.28. The van der Waals surface area contributed by atoms with E-state index in [4.69, 9.17) is 0 Å². The van der Waals surface area contributed by atoms with Crippen molar-refractivity contribution in [2.75, 3.05) is 0 Å². The summed E-state index contributed by atoms with van der Waals surface area (Å²) in [4.78, 5) is 14.4. The lowest BCUT2D eigenvalue weighted by Gasteiger charge is -2.00. The number of hydrogen-bond donors (Lipinski definition) is 0. The van der Waals surface area contributed by atoms with Crippen LogP contribution in [0, 0.1) is 0 Å². The molecule has 2 nitrogen and oxygen atoms in total. The molecule has 0 fully saturated rings. The van der Waals surface area contributed by atoms with Gasteiger partial charge >= 0.3 is 0 Å². The summed E-state index contributed by atoms with van der Waals surface area (Å²) < 4.78 is 0.857. The maximum absolute atomic E-state index is 10.2. The molecule has 4 heteroatoms. The third kappa shape index (κ3) is 2.38. The molecular weight excluding hydrogens is 226 g/mol. The molecule has 0 aliphatic heterocycles. The second kappa shape index (κ2) is 3.97. The van der Waals surface area contributed by atoms with Gasteiger partial charge in [0.15, 0.2) is 0 Å². The Morgan fingerprint density at radius 1 is 1.91 bits per heavy atom. The Hall–Kier alpha value is -0.220. The van der Waals surface area contributed by atoms with Gasteiger partial charge in [-0.05, 0) is 15.9 Å². The average Bonchev–Trinajstić information content (AvgIpc) is 2.36. The number of nitrogens with zero attached hydrogens (tertiary/aromatic N) is 1. The maximum atomic E-state index is 10.2. The summed E-state index contributed by atoms with van der Waals surface area (Å²) in [6.45, 7) is 2.00. The Morgan fingerprint density at radius 2 is 2.64 bits per heavy atom. The molecule has 1 heterocycles. The highest BCUT2D eigenvalue weighted by atomic mass is 79.9. The van der Waals surface area contributed by atoms with E-state index in [2.05, 4.69) is 20.9 Å². The molecule has 60 valence electrons. The second-order valence-corrected chi connectivity index (χ2v) is 4.01. The van der Waals surface area contributed by atoms with Crippen molar-refractivity contribution < 1.29 is 4.79 Å². The van der Waals surface area contributed by atoms with Crippen molar-refractivity contribution in [2.45, 2.75) is 19.3 Å². The zero-order valence-electron chi connectivity index (χ0n) is 6.08. The van der Waals surface area contributed by atoms with Gasteiger partial charge in [0.2, 0.25) is 0 Å². The molecular formula is C7H8BrNOS. The van der Waals surface area contributed by atoms with Crippen LogP contribution < -0.4 is 0 Å². The molecule has 0 spiro atoms. The first kappa shape index (κ1) is 8.87. The van der Waals surface area contributed by atoms with Gasteiger partial charge in [0.25, 0.3) is 0 Å². The van der Waals surface area contributed by atoms with Crippen LogP contribution in [0.15, 0.2) is 9.98 Å². The van der Waals surface area contributed by atoms with Gasteiger partial charge in [0.1, 0.15) is 10.9 Å². The normalized spacial score (nSPS) is 12.9. The SMILES string of the molecule is C[C@@H](CC=O)c1nc(Br)cs1. The summed E-state index contributed by atoms with van der Waals surface area (Å²) in [5, 5.41) is 2.94. The smallest absolute Gasteiger partial charge is 0.120 e. The van der Waals surface area contributed by atoms with E-state index in [9.17, 15) is 4.79 Å². The Morgan fingerprint density at radius 3 is 3.09 bits per heavy atom. The maximum Gasteiger partial charge on any atom is 0.120 e. The fourth-order valence-corrected chi connectivity index (χ4v) is 2.08. The number of carbonyl (C=O) groups excluding carboxylic acids is 1. The quantitative estimate of drug-likeness (QED) is 0.752. The number of thiazole rings is 1. The van der Waals surface area contributed by atoms with E-state index in [0.29, 0.717) is 6.42 Å². The topological polar surface area (TPSA) is 30.0 Å². The Kier molecular flexibility index (Phi) is 3.20. The highest BCUT2D eigenvalue weighted by Crippen LogP contribution is 2.24. The molecule has 1 aromatic rings. The van der Waals surface area contributed by atoms with Gasteiger partial charge in [-0.3, -0.25) is 0 Å². The van der Waals surface area contributed by atoms with E-state index in [-0.39, 0.29) is 5.92 Å². The van der Waals surface area contributed by atoms with Crippen LogP contribution in [0.3, 0.4) is 0 Å². The minimum atomic E-state index is 0.254. The molecule has 0 bridgehead atoms. The highest BCUT2D eigenvalue weighted by Gasteiger charge is 2.08. The van der Waals surface area contributed by atoms with Crippen LogP contribution in [0.1, 0.15) is 24.3 Å². The molecule has 0 aliphatic carbocycles. The average molecular weight is 234 g/mol. The van der Waals surface area contributed by atoms with Crippen molar-refractivity contribution in [3.8, 4) is 0 Å². The summed E-state index contributed by atoms with van der Waals surface area (Å²) in [7, 11) is 0. The van der Waals surface area contributed by atoms with Crippen molar-refractivity contribution in [3.63, 3.8) is 0 Å². The predicted molar refractivity (Wildman–Crippen MR) is 48.9 cm³/mol. The van der Waals surface area contributed by atoms with E-state index >= 15 is 0 Å². The lowest BCUT2D eigenvalue weighted by Crippen LogP contribution is -1.92. The van der Waals surface area contributed by atoms with Crippen LogP contribution >= 0.6 is 27.3 Å². The van der Waals surface area contributed by atoms with Crippen LogP contribution in [0.4, 0.5) is 0 Å². The Balaban J connectivity index is 2.67. The Bertz CT molecular complexity index is 248. The molecule has 0 aliphatic rings. The predicted octanol–water partition coefficient (Wildman–Crippen LogP) is 2.60. The van der Waals surface area contributed by atoms with Crippen molar-refractivity contribution in [1.29, 1.82) is 0 Å². The van der Waals surface area contributed by atoms with Crippen LogP contribution in [-0.4, -0.2) is 11.3 Å². The molecule has 0 N–H and O–H groups in total. The molecule has 0 saturated heterocycles. The Labute approximate surface area is 77.8 Å². The zero-order valence-corrected chi connectivity index (χ0v) is 8.48. The molecule has 0 amide bonds. The molecule has 11 heavy (non-hydrogen) atoms. The molecule has 0 saturated carbocycles. The molecule has 1 aromatic heterocycles. The van der Waals surface area contributed by atoms with Crippen molar-refractivity contribution in [2.24, 2.45) is 0 Å². The largest absolute Gasteiger partial charge is 0.303 e. The van der Waals surface area contributed by atoms with Crippen LogP contribution in [0.2, 0.25) is 0 Å². The first-order chi connectivity index (χ1) is 5.24. The van der Waals surface area contributed by atoms with Crippen LogP contribution in [0.25, 0.3) is 0 Å². The van der Waals surface area contributed by atoms with Gasteiger partial charge in [0.05, 0.1) is 5.01 Å². The van der Waals surface area contributed by atoms with E-state index < -0.39 is 0 Å². The molecule has 0 radical (unpaired) electrons. The van der Waals surface area contributed by atoms with Gasteiger partial charge in [-0.1, -0.05) is 6.92 Å². The lowest BCUT2D eigenvalue weighted by molar-refractivity contribution is -0.108. The standard InChI is InChI=1S/C7H8BrNOS/c1-5(2-3-10)7-9-6(8)4-11-7/h3-5H,2H2,1H3/t5-/m0/s1. The highest BCUT2D eigenvalue weighted by molar-refractivity contribution is 9.10.